The van der Waals surface area contributed by atoms with Crippen LogP contribution in [0.4, 0.5) is 19.0 Å². The molecule has 0 radical (unpaired) electrons. The first-order valence-corrected chi connectivity index (χ1v) is 7.88. The molecule has 3 rings (SSSR count). The maximum Gasteiger partial charge on any atom is 0.416 e. The summed E-state index contributed by atoms with van der Waals surface area (Å²) in [6.45, 7) is 2.01. The Morgan fingerprint density at radius 3 is 2.54 bits per heavy atom. The smallest absolute Gasteiger partial charge is 0.416 e. The van der Waals surface area contributed by atoms with E-state index in [0.717, 1.165) is 17.7 Å². The van der Waals surface area contributed by atoms with E-state index in [1.54, 1.807) is 31.3 Å². The van der Waals surface area contributed by atoms with Gasteiger partial charge in [0.25, 0.3) is 0 Å². The lowest BCUT2D eigenvalue weighted by Crippen LogP contribution is -2.08. The Morgan fingerprint density at radius 1 is 1.04 bits per heavy atom. The zero-order chi connectivity index (χ0) is 18.6. The van der Waals surface area contributed by atoms with Crippen molar-refractivity contribution in [1.82, 2.24) is 9.97 Å². The average molecular weight is 359 g/mol. The minimum atomic E-state index is -4.36. The second kappa shape index (κ2) is 7.43. The quantitative estimate of drug-likeness (QED) is 0.679. The summed E-state index contributed by atoms with van der Waals surface area (Å²) in [5.41, 5.74) is 0.588. The largest absolute Gasteiger partial charge is 0.424 e. The fourth-order valence-electron chi connectivity index (χ4n) is 2.29. The van der Waals surface area contributed by atoms with Crippen molar-refractivity contribution in [3.8, 4) is 11.8 Å². The van der Waals surface area contributed by atoms with Crippen LogP contribution >= 0.6 is 0 Å². The van der Waals surface area contributed by atoms with Gasteiger partial charge in [-0.1, -0.05) is 30.3 Å². The maximum absolute atomic E-state index is 12.8. The number of rotatable bonds is 5. The van der Waals surface area contributed by atoms with Gasteiger partial charge in [0.1, 0.15) is 11.6 Å². The van der Waals surface area contributed by atoms with Crippen LogP contribution in [-0.2, 0) is 12.7 Å². The predicted molar refractivity (Wildman–Crippen MR) is 92.1 cm³/mol. The zero-order valence-electron chi connectivity index (χ0n) is 13.9. The highest BCUT2D eigenvalue weighted by Gasteiger charge is 2.30. The van der Waals surface area contributed by atoms with E-state index < -0.39 is 11.7 Å². The molecule has 7 heteroatoms. The highest BCUT2D eigenvalue weighted by molar-refractivity contribution is 5.44. The molecule has 1 N–H and O–H groups in total. The summed E-state index contributed by atoms with van der Waals surface area (Å²) in [5, 5.41) is 3.04. The molecule has 0 fully saturated rings. The molecule has 0 atom stereocenters. The first-order valence-electron chi connectivity index (χ1n) is 7.88. The van der Waals surface area contributed by atoms with Crippen LogP contribution in [0.5, 0.6) is 11.8 Å². The number of para-hydroxylation sites is 1. The molecule has 4 nitrogen and oxygen atoms in total. The van der Waals surface area contributed by atoms with Gasteiger partial charge in [0, 0.05) is 18.3 Å². The van der Waals surface area contributed by atoms with Crippen LogP contribution in [-0.4, -0.2) is 9.97 Å². The third-order valence-electron chi connectivity index (χ3n) is 3.62. The van der Waals surface area contributed by atoms with Crippen molar-refractivity contribution in [3.63, 3.8) is 0 Å². The van der Waals surface area contributed by atoms with Gasteiger partial charge in [-0.25, -0.2) is 4.98 Å². The Morgan fingerprint density at radius 2 is 1.81 bits per heavy atom. The molecule has 0 amide bonds. The number of ether oxygens (including phenoxy) is 1. The second-order valence-corrected chi connectivity index (χ2v) is 5.65. The molecular formula is C19H16F3N3O. The van der Waals surface area contributed by atoms with Gasteiger partial charge < -0.3 is 10.1 Å². The molecule has 3 aromatic rings. The average Bonchev–Trinajstić information content (AvgIpc) is 2.62. The molecule has 0 bridgehead atoms. The maximum atomic E-state index is 12.8. The van der Waals surface area contributed by atoms with E-state index in [2.05, 4.69) is 15.3 Å². The topological polar surface area (TPSA) is 47.0 Å². The van der Waals surface area contributed by atoms with Crippen molar-refractivity contribution >= 4 is 5.82 Å². The van der Waals surface area contributed by atoms with Crippen LogP contribution in [0.3, 0.4) is 0 Å². The summed E-state index contributed by atoms with van der Waals surface area (Å²) in [4.78, 5) is 8.40. The number of hydrogen-bond acceptors (Lipinski definition) is 4. The van der Waals surface area contributed by atoms with Gasteiger partial charge in [0.2, 0.25) is 0 Å². The number of benzene rings is 2. The Balaban J connectivity index is 1.73. The molecule has 1 heterocycles. The normalized spacial score (nSPS) is 11.2. The summed E-state index contributed by atoms with van der Waals surface area (Å²) in [6, 6.07) is 14.4. The third kappa shape index (κ3) is 4.50. The van der Waals surface area contributed by atoms with E-state index in [4.69, 9.17) is 4.74 Å². The minimum absolute atomic E-state index is 0.161. The fraction of sp³-hybridized carbons (Fsp3) is 0.158. The number of halogens is 3. The number of alkyl halides is 3. The molecule has 26 heavy (non-hydrogen) atoms. The van der Waals surface area contributed by atoms with Gasteiger partial charge >= 0.3 is 12.2 Å². The fourth-order valence-corrected chi connectivity index (χ4v) is 2.29. The van der Waals surface area contributed by atoms with E-state index in [-0.39, 0.29) is 12.6 Å². The molecule has 1 aromatic heterocycles. The number of anilines is 1. The van der Waals surface area contributed by atoms with E-state index in [0.29, 0.717) is 17.1 Å². The summed E-state index contributed by atoms with van der Waals surface area (Å²) < 4.78 is 44.0. The molecule has 0 aliphatic carbocycles. The molecule has 0 saturated carbocycles. The summed E-state index contributed by atoms with van der Waals surface area (Å²) in [7, 11) is 0. The Kier molecular flexibility index (Phi) is 5.06. The van der Waals surface area contributed by atoms with Crippen molar-refractivity contribution in [2.75, 3.05) is 5.32 Å². The number of hydrogen-bond donors (Lipinski definition) is 1. The van der Waals surface area contributed by atoms with Crippen molar-refractivity contribution in [3.05, 3.63) is 77.5 Å². The van der Waals surface area contributed by atoms with Crippen molar-refractivity contribution in [1.29, 1.82) is 0 Å². The third-order valence-corrected chi connectivity index (χ3v) is 3.62. The summed E-state index contributed by atoms with van der Waals surface area (Å²) in [6.07, 6.45) is -2.77. The SMILES string of the molecule is Cc1cnc(Oc2ccccc2)nc1NCc1cccc(C(F)(F)F)c1. The summed E-state index contributed by atoms with van der Waals surface area (Å²) >= 11 is 0. The monoisotopic (exact) mass is 359 g/mol. The molecule has 0 unspecified atom stereocenters. The zero-order valence-corrected chi connectivity index (χ0v) is 13.9. The van der Waals surface area contributed by atoms with Crippen molar-refractivity contribution < 1.29 is 17.9 Å². The van der Waals surface area contributed by atoms with E-state index in [9.17, 15) is 13.2 Å². The van der Waals surface area contributed by atoms with Gasteiger partial charge in [-0.2, -0.15) is 18.2 Å². The van der Waals surface area contributed by atoms with E-state index >= 15 is 0 Å². The standard InChI is InChI=1S/C19H16F3N3O/c1-13-11-24-18(26-16-8-3-2-4-9-16)25-17(13)23-12-14-6-5-7-15(10-14)19(20,21)22/h2-11H,12H2,1H3,(H,23,24,25). The van der Waals surface area contributed by atoms with Crippen LogP contribution in [0.2, 0.25) is 0 Å². The first-order chi connectivity index (χ1) is 12.4. The second-order valence-electron chi connectivity index (χ2n) is 5.65. The van der Waals surface area contributed by atoms with Crippen molar-refractivity contribution in [2.24, 2.45) is 0 Å². The molecule has 0 saturated heterocycles. The van der Waals surface area contributed by atoms with Crippen LogP contribution in [0.25, 0.3) is 0 Å². The molecule has 0 aliphatic heterocycles. The number of aryl methyl sites for hydroxylation is 1. The van der Waals surface area contributed by atoms with Crippen LogP contribution in [0.15, 0.2) is 60.8 Å². The lowest BCUT2D eigenvalue weighted by Gasteiger charge is -2.12. The van der Waals surface area contributed by atoms with Crippen LogP contribution in [0, 0.1) is 6.92 Å². The highest BCUT2D eigenvalue weighted by Crippen LogP contribution is 2.29. The van der Waals surface area contributed by atoms with Crippen molar-refractivity contribution in [2.45, 2.75) is 19.6 Å². The van der Waals surface area contributed by atoms with Gasteiger partial charge in [0.05, 0.1) is 5.56 Å². The molecular weight excluding hydrogens is 343 g/mol. The van der Waals surface area contributed by atoms with E-state index in [1.807, 2.05) is 18.2 Å². The van der Waals surface area contributed by atoms with Gasteiger partial charge in [-0.3, -0.25) is 0 Å². The van der Waals surface area contributed by atoms with Gasteiger partial charge in [-0.15, -0.1) is 0 Å². The lowest BCUT2D eigenvalue weighted by atomic mass is 10.1. The van der Waals surface area contributed by atoms with Crippen LogP contribution in [0.1, 0.15) is 16.7 Å². The summed E-state index contributed by atoms with van der Waals surface area (Å²) in [5.74, 6) is 1.10. The number of nitrogens with one attached hydrogen (secondary N) is 1. The molecule has 2 aromatic carbocycles. The number of nitrogens with zero attached hydrogens (tertiary/aromatic N) is 2. The number of aromatic nitrogens is 2. The van der Waals surface area contributed by atoms with Gasteiger partial charge in [-0.05, 0) is 36.8 Å². The van der Waals surface area contributed by atoms with E-state index in [1.165, 1.54) is 6.07 Å². The lowest BCUT2D eigenvalue weighted by molar-refractivity contribution is -0.137. The molecule has 0 aliphatic rings. The Labute approximate surface area is 148 Å². The molecule has 0 spiro atoms. The predicted octanol–water partition coefficient (Wildman–Crippen LogP) is 5.21. The van der Waals surface area contributed by atoms with Crippen LogP contribution < -0.4 is 10.1 Å². The van der Waals surface area contributed by atoms with Gasteiger partial charge in [0.15, 0.2) is 0 Å². The Hall–Kier alpha value is -3.09. The molecule has 134 valence electrons. The first kappa shape index (κ1) is 17.7. The minimum Gasteiger partial charge on any atom is -0.424 e. The Bertz CT molecular complexity index is 883. The highest BCUT2D eigenvalue weighted by atomic mass is 19.4.